The van der Waals surface area contributed by atoms with Crippen molar-refractivity contribution in [3.8, 4) is 0 Å². The molecule has 1 saturated heterocycles. The van der Waals surface area contributed by atoms with Crippen LogP contribution in [0.4, 0.5) is 5.82 Å². The number of nitrogens with zero attached hydrogens (tertiary/aromatic N) is 3. The zero-order valence-corrected chi connectivity index (χ0v) is 14.8. The summed E-state index contributed by atoms with van der Waals surface area (Å²) in [6.07, 6.45) is 5.10. The summed E-state index contributed by atoms with van der Waals surface area (Å²) in [5.74, 6) is -0.653. The lowest BCUT2D eigenvalue weighted by Gasteiger charge is -2.41. The minimum absolute atomic E-state index is 0.0680. The second kappa shape index (κ2) is 6.16. The van der Waals surface area contributed by atoms with Crippen molar-refractivity contribution < 1.29 is 14.4 Å². The normalized spacial score (nSPS) is 23.2. The lowest BCUT2D eigenvalue weighted by Crippen LogP contribution is -2.56. The average Bonchev–Trinajstić information content (AvgIpc) is 2.86. The van der Waals surface area contributed by atoms with E-state index in [4.69, 9.17) is 0 Å². The van der Waals surface area contributed by atoms with Gasteiger partial charge in [-0.3, -0.25) is 24.6 Å². The molecular formula is C16H20N4O3S. The van der Waals surface area contributed by atoms with Gasteiger partial charge in [-0.05, 0) is 19.1 Å². The van der Waals surface area contributed by atoms with Crippen LogP contribution in [-0.4, -0.2) is 40.0 Å². The molecule has 1 fully saturated rings. The molecule has 1 N–H and O–H groups in total. The van der Waals surface area contributed by atoms with Crippen molar-refractivity contribution in [2.45, 2.75) is 50.7 Å². The number of amides is 3. The highest BCUT2D eigenvalue weighted by Gasteiger charge is 2.58. The van der Waals surface area contributed by atoms with E-state index >= 15 is 0 Å². The lowest BCUT2D eigenvalue weighted by atomic mass is 9.76. The summed E-state index contributed by atoms with van der Waals surface area (Å²) in [6, 6.07) is -0.0680. The fourth-order valence-corrected chi connectivity index (χ4v) is 3.83. The smallest absolute Gasteiger partial charge is 0.245 e. The van der Waals surface area contributed by atoms with Crippen molar-refractivity contribution in [3.05, 3.63) is 11.8 Å². The van der Waals surface area contributed by atoms with E-state index in [0.29, 0.717) is 11.0 Å². The molecule has 0 saturated carbocycles. The molecule has 2 aliphatic heterocycles. The SMILES string of the molecule is CCC(CC)N1C(=O)C2(CC(=O)NC2=O)Cc2cnc(SC)nc21. The second-order valence-electron chi connectivity index (χ2n) is 6.16. The number of thioether (sulfide) groups is 1. The summed E-state index contributed by atoms with van der Waals surface area (Å²) in [7, 11) is 0. The first-order chi connectivity index (χ1) is 11.5. The van der Waals surface area contributed by atoms with E-state index in [0.717, 1.165) is 18.4 Å². The van der Waals surface area contributed by atoms with Gasteiger partial charge in [0, 0.05) is 24.2 Å². The van der Waals surface area contributed by atoms with Gasteiger partial charge in [0.1, 0.15) is 11.2 Å². The Morgan fingerprint density at radius 1 is 1.29 bits per heavy atom. The number of rotatable bonds is 4. The highest BCUT2D eigenvalue weighted by Crippen LogP contribution is 2.43. The Morgan fingerprint density at radius 2 is 2.00 bits per heavy atom. The molecule has 1 spiro atoms. The first-order valence-electron chi connectivity index (χ1n) is 8.04. The molecule has 1 aromatic rings. The predicted octanol–water partition coefficient (Wildman–Crippen LogP) is 1.31. The van der Waals surface area contributed by atoms with Crippen LogP contribution in [0.3, 0.4) is 0 Å². The van der Waals surface area contributed by atoms with Gasteiger partial charge >= 0.3 is 0 Å². The number of hydrogen-bond acceptors (Lipinski definition) is 6. The molecule has 1 unspecified atom stereocenters. The van der Waals surface area contributed by atoms with Gasteiger partial charge < -0.3 is 0 Å². The van der Waals surface area contributed by atoms with Crippen LogP contribution < -0.4 is 10.2 Å². The molecule has 24 heavy (non-hydrogen) atoms. The Hall–Kier alpha value is -1.96. The second-order valence-corrected chi connectivity index (χ2v) is 6.94. The quantitative estimate of drug-likeness (QED) is 0.382. The Kier molecular flexibility index (Phi) is 4.33. The Labute approximate surface area is 144 Å². The summed E-state index contributed by atoms with van der Waals surface area (Å²) < 4.78 is 0. The van der Waals surface area contributed by atoms with E-state index < -0.39 is 17.2 Å². The minimum Gasteiger partial charge on any atom is -0.295 e. The van der Waals surface area contributed by atoms with Crippen molar-refractivity contribution in [2.75, 3.05) is 11.2 Å². The van der Waals surface area contributed by atoms with Gasteiger partial charge in [0.05, 0.1) is 6.42 Å². The molecular weight excluding hydrogens is 328 g/mol. The zero-order chi connectivity index (χ0) is 17.5. The van der Waals surface area contributed by atoms with E-state index in [-0.39, 0.29) is 24.8 Å². The number of carbonyl (C=O) groups is 3. The van der Waals surface area contributed by atoms with E-state index in [9.17, 15) is 14.4 Å². The molecule has 8 heteroatoms. The van der Waals surface area contributed by atoms with Crippen LogP contribution in [0.5, 0.6) is 0 Å². The number of hydrogen-bond donors (Lipinski definition) is 1. The van der Waals surface area contributed by atoms with Gasteiger partial charge in [-0.25, -0.2) is 9.97 Å². The van der Waals surface area contributed by atoms with Crippen LogP contribution in [0, 0.1) is 5.41 Å². The fraction of sp³-hybridized carbons (Fsp3) is 0.562. The van der Waals surface area contributed by atoms with Crippen LogP contribution in [0.15, 0.2) is 11.4 Å². The van der Waals surface area contributed by atoms with E-state index in [1.165, 1.54) is 11.8 Å². The summed E-state index contributed by atoms with van der Waals surface area (Å²) in [4.78, 5) is 47.9. The standard InChI is InChI=1S/C16H20N4O3S/c1-4-10(5-2)20-12-9(8-17-15(19-12)24-3)6-16(14(20)23)7-11(21)18-13(16)22/h8,10H,4-7H2,1-3H3,(H,18,21,22). The van der Waals surface area contributed by atoms with Gasteiger partial charge in [0.15, 0.2) is 5.16 Å². The molecule has 2 aliphatic rings. The summed E-state index contributed by atoms with van der Waals surface area (Å²) in [5.41, 5.74) is -0.610. The largest absolute Gasteiger partial charge is 0.295 e. The van der Waals surface area contributed by atoms with Crippen molar-refractivity contribution in [2.24, 2.45) is 5.41 Å². The number of carbonyl (C=O) groups excluding carboxylic acids is 3. The molecule has 0 aromatic carbocycles. The summed E-state index contributed by atoms with van der Waals surface area (Å²) in [5, 5.41) is 2.87. The average molecular weight is 348 g/mol. The summed E-state index contributed by atoms with van der Waals surface area (Å²) in [6.45, 7) is 4.00. The lowest BCUT2D eigenvalue weighted by molar-refractivity contribution is -0.140. The molecule has 1 atom stereocenters. The molecule has 3 rings (SSSR count). The number of nitrogens with one attached hydrogen (secondary N) is 1. The highest BCUT2D eigenvalue weighted by molar-refractivity contribution is 7.98. The molecule has 1 aromatic heterocycles. The predicted molar refractivity (Wildman–Crippen MR) is 89.6 cm³/mol. The van der Waals surface area contributed by atoms with Gasteiger partial charge in [-0.1, -0.05) is 25.6 Å². The van der Waals surface area contributed by atoms with Crippen molar-refractivity contribution in [3.63, 3.8) is 0 Å². The van der Waals surface area contributed by atoms with Gasteiger partial charge in [0.2, 0.25) is 17.7 Å². The maximum absolute atomic E-state index is 13.3. The monoisotopic (exact) mass is 348 g/mol. The maximum atomic E-state index is 13.3. The third-order valence-electron chi connectivity index (χ3n) is 4.81. The Bertz CT molecular complexity index is 719. The summed E-state index contributed by atoms with van der Waals surface area (Å²) >= 11 is 1.40. The zero-order valence-electron chi connectivity index (χ0n) is 14.0. The van der Waals surface area contributed by atoms with Gasteiger partial charge in [0.25, 0.3) is 0 Å². The van der Waals surface area contributed by atoms with Crippen LogP contribution in [0.25, 0.3) is 0 Å². The van der Waals surface area contributed by atoms with Crippen molar-refractivity contribution >= 4 is 35.3 Å². The molecule has 3 amide bonds. The molecule has 3 heterocycles. The third-order valence-corrected chi connectivity index (χ3v) is 5.37. The Balaban J connectivity index is 2.17. The van der Waals surface area contributed by atoms with Crippen molar-refractivity contribution in [1.29, 1.82) is 0 Å². The number of fused-ring (bicyclic) bond motifs is 1. The molecule has 0 aliphatic carbocycles. The number of imide groups is 1. The van der Waals surface area contributed by atoms with E-state index in [1.54, 1.807) is 11.1 Å². The maximum Gasteiger partial charge on any atom is 0.245 e. The number of aromatic nitrogens is 2. The molecule has 128 valence electrons. The van der Waals surface area contributed by atoms with Crippen LogP contribution in [0.2, 0.25) is 0 Å². The van der Waals surface area contributed by atoms with Crippen LogP contribution in [0.1, 0.15) is 38.7 Å². The fourth-order valence-electron chi connectivity index (χ4n) is 3.49. The molecule has 0 bridgehead atoms. The highest BCUT2D eigenvalue weighted by atomic mass is 32.2. The van der Waals surface area contributed by atoms with Crippen molar-refractivity contribution in [1.82, 2.24) is 15.3 Å². The third kappa shape index (κ3) is 2.40. The van der Waals surface area contributed by atoms with Crippen LogP contribution in [-0.2, 0) is 20.8 Å². The first-order valence-corrected chi connectivity index (χ1v) is 9.27. The Morgan fingerprint density at radius 3 is 2.54 bits per heavy atom. The van der Waals surface area contributed by atoms with Gasteiger partial charge in [-0.2, -0.15) is 0 Å². The minimum atomic E-state index is -1.35. The van der Waals surface area contributed by atoms with E-state index in [1.807, 2.05) is 20.1 Å². The van der Waals surface area contributed by atoms with Crippen LogP contribution >= 0.6 is 11.8 Å². The molecule has 7 nitrogen and oxygen atoms in total. The van der Waals surface area contributed by atoms with E-state index in [2.05, 4.69) is 15.3 Å². The first kappa shape index (κ1) is 16.9. The number of anilines is 1. The molecule has 0 radical (unpaired) electrons. The van der Waals surface area contributed by atoms with Gasteiger partial charge in [-0.15, -0.1) is 0 Å². The topological polar surface area (TPSA) is 92.3 Å².